The van der Waals surface area contributed by atoms with Gasteiger partial charge in [-0.15, -0.1) is 0 Å². The molecule has 17 nitrogen and oxygen atoms in total. The lowest BCUT2D eigenvalue weighted by atomic mass is 9.81. The zero-order valence-electron chi connectivity index (χ0n) is 29.6. The van der Waals surface area contributed by atoms with Gasteiger partial charge in [0.25, 0.3) is 5.91 Å². The minimum absolute atomic E-state index is 0.0604. The van der Waals surface area contributed by atoms with Crippen molar-refractivity contribution in [2.45, 2.75) is 101 Å². The number of pyridine rings is 1. The number of carboxylic acid groups (broad SMARTS) is 1. The fourth-order valence-electron chi connectivity index (χ4n) is 7.23. The van der Waals surface area contributed by atoms with E-state index in [-0.39, 0.29) is 42.7 Å². The maximum atomic E-state index is 13.0. The number of ether oxygens (including phenoxy) is 3. The van der Waals surface area contributed by atoms with Gasteiger partial charge >= 0.3 is 5.97 Å². The van der Waals surface area contributed by atoms with Crippen molar-refractivity contribution >= 4 is 28.8 Å². The van der Waals surface area contributed by atoms with Gasteiger partial charge in [0, 0.05) is 69.8 Å². The molecule has 3 saturated heterocycles. The third-order valence-electron chi connectivity index (χ3n) is 10.0. The van der Waals surface area contributed by atoms with Crippen molar-refractivity contribution in [3.05, 3.63) is 29.6 Å². The third kappa shape index (κ3) is 9.04. The number of aromatic amines is 1. The van der Waals surface area contributed by atoms with E-state index in [0.717, 1.165) is 13.0 Å². The van der Waals surface area contributed by atoms with E-state index in [2.05, 4.69) is 30.4 Å². The van der Waals surface area contributed by atoms with Crippen molar-refractivity contribution in [1.82, 2.24) is 30.4 Å². The van der Waals surface area contributed by atoms with Gasteiger partial charge in [-0.1, -0.05) is 0 Å². The number of aromatic nitrogens is 2. The molecule has 0 aromatic carbocycles. The van der Waals surface area contributed by atoms with Crippen molar-refractivity contribution in [2.24, 2.45) is 0 Å². The number of carboxylic acids is 1. The summed E-state index contributed by atoms with van der Waals surface area (Å²) in [6.07, 6.45) is -4.84. The van der Waals surface area contributed by atoms with Gasteiger partial charge < -0.3 is 55.4 Å². The van der Waals surface area contributed by atoms with Crippen LogP contribution in [0.2, 0.25) is 0 Å². The minimum Gasteiger partial charge on any atom is -0.479 e. The summed E-state index contributed by atoms with van der Waals surface area (Å²) >= 11 is 0. The number of fused-ring (bicyclic) bond motifs is 1. The van der Waals surface area contributed by atoms with Gasteiger partial charge in [-0.3, -0.25) is 19.4 Å². The molecule has 3 aliphatic rings. The molecule has 5 heterocycles. The second-order valence-corrected chi connectivity index (χ2v) is 15.0. The Morgan fingerprint density at radius 2 is 1.98 bits per heavy atom. The van der Waals surface area contributed by atoms with Crippen LogP contribution in [0.5, 0.6) is 0 Å². The van der Waals surface area contributed by atoms with Crippen molar-refractivity contribution in [3.8, 4) is 0 Å². The maximum absolute atomic E-state index is 13.0. The largest absolute Gasteiger partial charge is 0.479 e. The van der Waals surface area contributed by atoms with Crippen LogP contribution in [0.4, 0.5) is 0 Å². The molecule has 0 unspecified atom stereocenters. The number of morpholine rings is 1. The number of carbonyl (C=O) groups excluding carboxylic acids is 2. The Morgan fingerprint density at radius 3 is 2.67 bits per heavy atom. The van der Waals surface area contributed by atoms with Crippen LogP contribution in [0, 0.1) is 0 Å². The lowest BCUT2D eigenvalue weighted by molar-refractivity contribution is -0.231. The Hall–Kier alpha value is -3.26. The first-order valence-electron chi connectivity index (χ1n) is 17.3. The summed E-state index contributed by atoms with van der Waals surface area (Å²) in [7, 11) is 0. The summed E-state index contributed by atoms with van der Waals surface area (Å²) in [5.74, 6) is -2.52. The molecule has 17 heteroatoms. The van der Waals surface area contributed by atoms with Gasteiger partial charge in [-0.2, -0.15) is 0 Å². The maximum Gasteiger partial charge on any atom is 0.336 e. The second-order valence-electron chi connectivity index (χ2n) is 15.0. The molecule has 5 rings (SSSR count). The first-order chi connectivity index (χ1) is 24.0. The summed E-state index contributed by atoms with van der Waals surface area (Å²) in [6, 6.07) is 1.94. The van der Waals surface area contributed by atoms with E-state index in [9.17, 15) is 39.9 Å². The number of carbonyl (C=O) groups is 3. The molecule has 7 atom stereocenters. The molecule has 0 aliphatic carbocycles. The molecule has 2 amide bonds. The molecule has 1 spiro atoms. The number of rotatable bonds is 13. The molecule has 0 radical (unpaired) electrons. The topological polar surface area (TPSA) is 239 Å². The average Bonchev–Trinajstić information content (AvgIpc) is 3.69. The lowest BCUT2D eigenvalue weighted by Gasteiger charge is -2.49. The van der Waals surface area contributed by atoms with E-state index in [0.29, 0.717) is 49.8 Å². The van der Waals surface area contributed by atoms with Crippen LogP contribution in [-0.4, -0.2) is 163 Å². The van der Waals surface area contributed by atoms with Crippen molar-refractivity contribution in [3.63, 3.8) is 0 Å². The number of nitrogens with zero attached hydrogens (tertiary/aromatic N) is 3. The molecule has 51 heavy (non-hydrogen) atoms. The van der Waals surface area contributed by atoms with Crippen molar-refractivity contribution < 1.29 is 54.1 Å². The zero-order chi connectivity index (χ0) is 37.1. The van der Waals surface area contributed by atoms with E-state index in [1.54, 1.807) is 12.1 Å². The Labute approximate surface area is 296 Å². The number of hydrogen-bond acceptors (Lipinski definition) is 13. The molecule has 8 N–H and O–H groups in total. The van der Waals surface area contributed by atoms with Gasteiger partial charge in [-0.25, -0.2) is 9.78 Å². The van der Waals surface area contributed by atoms with E-state index in [1.807, 2.05) is 20.8 Å². The molecule has 3 fully saturated rings. The Kier molecular flexibility index (Phi) is 12.0. The average molecular weight is 721 g/mol. The number of nitrogens with one attached hydrogen (secondary N) is 3. The fourth-order valence-corrected chi connectivity index (χ4v) is 7.23. The number of aliphatic hydroxyl groups excluding tert-OH is 4. The van der Waals surface area contributed by atoms with E-state index < -0.39 is 60.4 Å². The molecule has 2 aromatic rings. The van der Waals surface area contributed by atoms with Crippen LogP contribution in [-0.2, 0) is 30.4 Å². The van der Waals surface area contributed by atoms with E-state index in [4.69, 9.17) is 14.2 Å². The first-order valence-corrected chi connectivity index (χ1v) is 17.3. The monoisotopic (exact) mass is 720 g/mol. The quantitative estimate of drug-likeness (QED) is 0.123. The predicted molar refractivity (Wildman–Crippen MR) is 181 cm³/mol. The SMILES string of the molecule is CC(=O)N[C@H]1[C@H]([C@H](O)[C@H](O)CNC(=O)c2cnc3[nH]c(CO)cc3c2)O[C@@](CCN2CCOC[C@@]23CCN(COC(C)(C)C)C3)(C(=O)O)C[C@@H]1O. The molecule has 284 valence electrons. The van der Waals surface area contributed by atoms with Crippen molar-refractivity contribution in [1.29, 1.82) is 0 Å². The van der Waals surface area contributed by atoms with Gasteiger partial charge in [0.15, 0.2) is 5.60 Å². The Morgan fingerprint density at radius 1 is 1.22 bits per heavy atom. The number of H-pyrrole nitrogens is 1. The second kappa shape index (κ2) is 15.8. The molecule has 3 aliphatic heterocycles. The van der Waals surface area contributed by atoms with Gasteiger partial charge in [0.1, 0.15) is 17.9 Å². The van der Waals surface area contributed by atoms with E-state index in [1.165, 1.54) is 13.1 Å². The molecule has 0 saturated carbocycles. The highest BCUT2D eigenvalue weighted by Gasteiger charge is 2.55. The highest BCUT2D eigenvalue weighted by molar-refractivity contribution is 5.97. The molecule has 0 bridgehead atoms. The van der Waals surface area contributed by atoms with Crippen LogP contribution in [0.3, 0.4) is 0 Å². The van der Waals surface area contributed by atoms with Crippen LogP contribution >= 0.6 is 0 Å². The molecular formula is C34H52N6O11. The molecule has 2 aromatic heterocycles. The van der Waals surface area contributed by atoms with Crippen LogP contribution in [0.15, 0.2) is 18.3 Å². The summed E-state index contributed by atoms with van der Waals surface area (Å²) in [5.41, 5.74) is -1.49. The zero-order valence-corrected chi connectivity index (χ0v) is 29.6. The Balaban J connectivity index is 1.28. The summed E-state index contributed by atoms with van der Waals surface area (Å²) in [6.45, 7) is 10.1. The number of likely N-dealkylation sites (tertiary alicyclic amines) is 1. The summed E-state index contributed by atoms with van der Waals surface area (Å²) in [5, 5.41) is 59.3. The standard InChI is InChI=1S/C34H52N6O11/c1-20(42)37-26-24(43)13-34(31(47)48,6-8-40-9-10-49-18-33(40)5-7-39(17-33)19-50-32(2,3)4)51-28(26)27(45)25(44)15-36-30(46)22-11-21-12-23(16-41)38-29(21)35-14-22/h11-12,14,24-28,41,43-45H,5-10,13,15-19H2,1-4H3,(H,35,38)(H,36,46)(H,37,42)(H,47,48)/t24-,25+,26+,27+,28+,33-,34+/m0/s1. The molecular weight excluding hydrogens is 668 g/mol. The lowest BCUT2D eigenvalue weighted by Crippen LogP contribution is -2.68. The number of amides is 2. The van der Waals surface area contributed by atoms with E-state index >= 15 is 0 Å². The number of aliphatic carboxylic acids is 1. The van der Waals surface area contributed by atoms with Crippen molar-refractivity contribution in [2.75, 3.05) is 52.7 Å². The number of hydrogen-bond donors (Lipinski definition) is 8. The minimum atomic E-state index is -1.97. The highest BCUT2D eigenvalue weighted by atomic mass is 16.6. The van der Waals surface area contributed by atoms with Crippen LogP contribution in [0.1, 0.15) is 63.0 Å². The van der Waals surface area contributed by atoms with Gasteiger partial charge in [-0.05, 0) is 39.3 Å². The number of aliphatic hydroxyl groups is 4. The van der Waals surface area contributed by atoms with Crippen LogP contribution < -0.4 is 10.6 Å². The predicted octanol–water partition coefficient (Wildman–Crippen LogP) is -1.08. The fraction of sp³-hybridized carbons (Fsp3) is 0.706. The highest BCUT2D eigenvalue weighted by Crippen LogP contribution is 2.37. The third-order valence-corrected chi connectivity index (χ3v) is 10.0. The summed E-state index contributed by atoms with van der Waals surface area (Å²) in [4.78, 5) is 49.5. The Bertz CT molecular complexity index is 1550. The van der Waals surface area contributed by atoms with Gasteiger partial charge in [0.2, 0.25) is 5.91 Å². The smallest absolute Gasteiger partial charge is 0.336 e. The van der Waals surface area contributed by atoms with Crippen LogP contribution in [0.25, 0.3) is 11.0 Å². The first kappa shape index (κ1) is 39.0. The van der Waals surface area contributed by atoms with Gasteiger partial charge in [0.05, 0.1) is 61.5 Å². The summed E-state index contributed by atoms with van der Waals surface area (Å²) < 4.78 is 18.1. The normalized spacial score (nSPS) is 28.9.